The number of nitrogens with zero attached hydrogens (tertiary/aromatic N) is 3. The minimum absolute atomic E-state index is 0.00784. The number of carbonyl (C=O) groups excluding carboxylic acids is 1. The van der Waals surface area contributed by atoms with Crippen molar-refractivity contribution in [3.63, 3.8) is 0 Å². The van der Waals surface area contributed by atoms with Crippen LogP contribution in [-0.2, 0) is 4.79 Å². The summed E-state index contributed by atoms with van der Waals surface area (Å²) in [5, 5.41) is 13.5. The lowest BCUT2D eigenvalue weighted by Crippen LogP contribution is -2.46. The molecule has 0 spiro atoms. The average Bonchev–Trinajstić information content (AvgIpc) is 2.73. The average molecular weight is 402 g/mol. The summed E-state index contributed by atoms with van der Waals surface area (Å²) >= 11 is 0. The van der Waals surface area contributed by atoms with E-state index in [1.165, 1.54) is 12.1 Å². The van der Waals surface area contributed by atoms with E-state index in [1.807, 2.05) is 44.4 Å². The monoisotopic (exact) mass is 402 g/mol. The Kier molecular flexibility index (Phi) is 5.15. The highest BCUT2D eigenvalue weighted by molar-refractivity contribution is 6.00. The molecule has 0 amide bonds. The number of Topliss-reactive ketones (excluding diaryl/α,β-unsaturated/α-hetero) is 1. The third-order valence-electron chi connectivity index (χ3n) is 5.81. The summed E-state index contributed by atoms with van der Waals surface area (Å²) in [5.74, 6) is -0.631. The van der Waals surface area contributed by atoms with E-state index in [9.17, 15) is 14.4 Å². The molecular formula is C24H23FN4O. The molecule has 0 saturated heterocycles. The van der Waals surface area contributed by atoms with Crippen LogP contribution in [0.1, 0.15) is 35.8 Å². The Morgan fingerprint density at radius 1 is 1.07 bits per heavy atom. The van der Waals surface area contributed by atoms with Crippen molar-refractivity contribution in [2.75, 3.05) is 14.1 Å². The lowest BCUT2D eigenvalue weighted by molar-refractivity contribution is -0.117. The lowest BCUT2D eigenvalue weighted by atomic mass is 9.72. The van der Waals surface area contributed by atoms with Crippen LogP contribution in [0.5, 0.6) is 0 Å². The Morgan fingerprint density at radius 2 is 1.73 bits per heavy atom. The molecule has 2 atom stereocenters. The molecule has 152 valence electrons. The predicted octanol–water partition coefficient (Wildman–Crippen LogP) is 3.80. The molecule has 30 heavy (non-hydrogen) atoms. The van der Waals surface area contributed by atoms with Crippen molar-refractivity contribution in [2.24, 2.45) is 5.73 Å². The van der Waals surface area contributed by atoms with E-state index in [0.29, 0.717) is 35.4 Å². The van der Waals surface area contributed by atoms with E-state index in [2.05, 4.69) is 6.07 Å². The van der Waals surface area contributed by atoms with Gasteiger partial charge < -0.3 is 5.73 Å². The molecule has 1 aliphatic carbocycles. The van der Waals surface area contributed by atoms with Gasteiger partial charge in [-0.3, -0.25) is 9.80 Å². The zero-order chi connectivity index (χ0) is 21.4. The van der Waals surface area contributed by atoms with Gasteiger partial charge in [0.15, 0.2) is 5.78 Å². The second-order valence-electron chi connectivity index (χ2n) is 7.85. The molecule has 0 radical (unpaired) electrons. The highest BCUT2D eigenvalue weighted by Gasteiger charge is 2.43. The van der Waals surface area contributed by atoms with Crippen LogP contribution >= 0.6 is 0 Å². The van der Waals surface area contributed by atoms with Gasteiger partial charge in [0.2, 0.25) is 0 Å². The fourth-order valence-electron chi connectivity index (χ4n) is 4.52. The summed E-state index contributed by atoms with van der Waals surface area (Å²) in [7, 11) is 3.67. The number of nitriles is 1. The number of hydrogen-bond donors (Lipinski definition) is 1. The van der Waals surface area contributed by atoms with E-state index in [-0.39, 0.29) is 17.5 Å². The van der Waals surface area contributed by atoms with E-state index >= 15 is 0 Å². The van der Waals surface area contributed by atoms with Crippen LogP contribution in [0.3, 0.4) is 0 Å². The van der Waals surface area contributed by atoms with Crippen LogP contribution in [0, 0.1) is 17.1 Å². The first-order chi connectivity index (χ1) is 14.4. The summed E-state index contributed by atoms with van der Waals surface area (Å²) in [6.45, 7) is 0. The maximum absolute atomic E-state index is 13.5. The molecule has 4 rings (SSSR count). The first kappa shape index (κ1) is 19.9. The van der Waals surface area contributed by atoms with Crippen LogP contribution < -0.4 is 5.73 Å². The minimum atomic E-state index is -0.592. The second kappa shape index (κ2) is 7.77. The number of rotatable bonds is 3. The lowest BCUT2D eigenvalue weighted by Gasteiger charge is -2.43. The molecule has 0 saturated carbocycles. The van der Waals surface area contributed by atoms with Gasteiger partial charge in [0.1, 0.15) is 11.6 Å². The van der Waals surface area contributed by atoms with Gasteiger partial charge in [0.25, 0.3) is 0 Å². The van der Waals surface area contributed by atoms with Gasteiger partial charge >= 0.3 is 0 Å². The molecule has 6 heteroatoms. The summed E-state index contributed by atoms with van der Waals surface area (Å²) in [6, 6.07) is 18.1. The van der Waals surface area contributed by atoms with Crippen molar-refractivity contribution in [3.8, 4) is 6.07 Å². The Labute approximate surface area is 175 Å². The molecule has 2 aliphatic rings. The molecule has 0 unspecified atom stereocenters. The van der Waals surface area contributed by atoms with Gasteiger partial charge in [-0.05, 0) is 35.6 Å². The van der Waals surface area contributed by atoms with Gasteiger partial charge in [-0.1, -0.05) is 42.5 Å². The van der Waals surface area contributed by atoms with Crippen LogP contribution in [0.4, 0.5) is 4.39 Å². The molecule has 0 bridgehead atoms. The fraction of sp³-hybridized carbons (Fsp3) is 0.250. The van der Waals surface area contributed by atoms with E-state index in [0.717, 1.165) is 11.3 Å². The van der Waals surface area contributed by atoms with Gasteiger partial charge in [-0.15, -0.1) is 0 Å². The maximum atomic E-state index is 13.5. The number of ketones is 1. The Bertz CT molecular complexity index is 1080. The van der Waals surface area contributed by atoms with Gasteiger partial charge in [0.05, 0.1) is 17.6 Å². The Hall–Kier alpha value is -3.43. The number of halogens is 1. The number of carbonyl (C=O) groups is 1. The van der Waals surface area contributed by atoms with Crippen LogP contribution in [0.2, 0.25) is 0 Å². The largest absolute Gasteiger partial charge is 0.383 e. The number of benzene rings is 2. The molecule has 2 aromatic rings. The fourth-order valence-corrected chi connectivity index (χ4v) is 4.52. The maximum Gasteiger partial charge on any atom is 0.162 e. The SMILES string of the molecule is CN(C)N1C(N)=C(C#N)[C@@H](c2ccc(F)cc2)C2=C1C[C@@H](c1ccccc1)CC2=O. The van der Waals surface area contributed by atoms with Crippen LogP contribution in [-0.4, -0.2) is 29.9 Å². The Morgan fingerprint density at radius 3 is 2.33 bits per heavy atom. The van der Waals surface area contributed by atoms with Crippen molar-refractivity contribution < 1.29 is 9.18 Å². The standard InChI is InChI=1S/C24H23FN4O/c1-28(2)29-20-12-17(15-6-4-3-5-7-15)13-21(30)23(20)22(19(14-26)24(29)27)16-8-10-18(25)11-9-16/h3-11,17,22H,12-13,27H2,1-2H3/t17-,22-/m1/s1. The highest BCUT2D eigenvalue weighted by Crippen LogP contribution is 2.47. The third-order valence-corrected chi connectivity index (χ3v) is 5.81. The molecule has 0 fully saturated rings. The minimum Gasteiger partial charge on any atom is -0.383 e. The van der Waals surface area contributed by atoms with Gasteiger partial charge in [-0.25, -0.2) is 9.40 Å². The number of nitrogens with two attached hydrogens (primary N) is 1. The zero-order valence-electron chi connectivity index (χ0n) is 17.0. The normalized spacial score (nSPS) is 21.7. The Balaban J connectivity index is 1.89. The topological polar surface area (TPSA) is 73.4 Å². The second-order valence-corrected chi connectivity index (χ2v) is 7.85. The summed E-state index contributed by atoms with van der Waals surface area (Å²) in [6.07, 6.45) is 0.987. The predicted molar refractivity (Wildman–Crippen MR) is 112 cm³/mol. The molecule has 2 N–H and O–H groups in total. The zero-order valence-corrected chi connectivity index (χ0v) is 17.0. The van der Waals surface area contributed by atoms with Crippen molar-refractivity contribution >= 4 is 5.78 Å². The van der Waals surface area contributed by atoms with E-state index < -0.39 is 5.92 Å². The molecule has 2 aromatic carbocycles. The smallest absolute Gasteiger partial charge is 0.162 e. The third kappa shape index (κ3) is 3.27. The molecule has 1 aliphatic heterocycles. The molecule has 0 aromatic heterocycles. The highest BCUT2D eigenvalue weighted by atomic mass is 19.1. The van der Waals surface area contributed by atoms with Crippen molar-refractivity contribution in [3.05, 3.63) is 94.2 Å². The van der Waals surface area contributed by atoms with Crippen LogP contribution in [0.25, 0.3) is 0 Å². The van der Waals surface area contributed by atoms with Crippen LogP contribution in [0.15, 0.2) is 77.3 Å². The summed E-state index contributed by atoms with van der Waals surface area (Å²) in [4.78, 5) is 13.4. The summed E-state index contributed by atoms with van der Waals surface area (Å²) < 4.78 is 13.5. The summed E-state index contributed by atoms with van der Waals surface area (Å²) in [5.41, 5.74) is 9.92. The molecular weight excluding hydrogens is 379 g/mol. The van der Waals surface area contributed by atoms with Crippen molar-refractivity contribution in [1.29, 1.82) is 5.26 Å². The van der Waals surface area contributed by atoms with E-state index in [4.69, 9.17) is 5.73 Å². The number of hydrogen-bond acceptors (Lipinski definition) is 5. The van der Waals surface area contributed by atoms with Crippen molar-refractivity contribution in [2.45, 2.75) is 24.7 Å². The molecule has 5 nitrogen and oxygen atoms in total. The van der Waals surface area contributed by atoms with E-state index in [1.54, 1.807) is 22.2 Å². The first-order valence-electron chi connectivity index (χ1n) is 9.86. The van der Waals surface area contributed by atoms with Gasteiger partial charge in [0, 0.05) is 31.8 Å². The number of allylic oxidation sites excluding steroid dienone is 3. The molecule has 1 heterocycles. The van der Waals surface area contributed by atoms with Gasteiger partial charge in [-0.2, -0.15) is 5.26 Å². The number of hydrazine groups is 1. The quantitative estimate of drug-likeness (QED) is 0.846. The van der Waals surface area contributed by atoms with Crippen molar-refractivity contribution in [1.82, 2.24) is 10.0 Å². The first-order valence-corrected chi connectivity index (χ1v) is 9.86.